The molecule has 2 aliphatic heterocycles. The van der Waals surface area contributed by atoms with Crippen LogP contribution >= 0.6 is 0 Å². The molecule has 30 heavy (non-hydrogen) atoms. The Morgan fingerprint density at radius 1 is 1.07 bits per heavy atom. The van der Waals surface area contributed by atoms with E-state index in [4.69, 9.17) is 4.74 Å². The number of rotatable bonds is 7. The SMILES string of the molecule is CC(C)=CCC/C(C)=C/CC[C@@]1(C)OC(=O)N(C2CC(C)(C)NC(C)(C)C2)[C@]1(C)O. The summed E-state index contributed by atoms with van der Waals surface area (Å²) in [6.45, 7) is 18.6. The van der Waals surface area contributed by atoms with Gasteiger partial charge in [0, 0.05) is 17.1 Å². The molecule has 0 aromatic heterocycles. The quantitative estimate of drug-likeness (QED) is 0.520. The Labute approximate surface area is 183 Å². The summed E-state index contributed by atoms with van der Waals surface area (Å²) in [4.78, 5) is 14.5. The van der Waals surface area contributed by atoms with Crippen LogP contribution in [0.2, 0.25) is 0 Å². The van der Waals surface area contributed by atoms with Gasteiger partial charge in [-0.25, -0.2) is 4.79 Å². The number of nitrogens with zero attached hydrogens (tertiary/aromatic N) is 1. The Morgan fingerprint density at radius 2 is 1.63 bits per heavy atom. The number of aliphatic hydroxyl groups is 1. The van der Waals surface area contributed by atoms with E-state index in [1.807, 2.05) is 6.92 Å². The highest BCUT2D eigenvalue weighted by Gasteiger charge is 2.61. The van der Waals surface area contributed by atoms with Crippen molar-refractivity contribution in [2.24, 2.45) is 0 Å². The van der Waals surface area contributed by atoms with Gasteiger partial charge in [-0.2, -0.15) is 0 Å². The van der Waals surface area contributed by atoms with Crippen molar-refractivity contribution in [2.75, 3.05) is 0 Å². The number of ether oxygens (including phenoxy) is 1. The minimum atomic E-state index is -1.35. The van der Waals surface area contributed by atoms with Crippen molar-refractivity contribution < 1.29 is 14.6 Å². The van der Waals surface area contributed by atoms with Crippen molar-refractivity contribution in [3.8, 4) is 0 Å². The fourth-order valence-corrected chi connectivity index (χ4v) is 5.30. The maximum Gasteiger partial charge on any atom is 0.413 e. The first-order valence-electron chi connectivity index (χ1n) is 11.4. The van der Waals surface area contributed by atoms with Gasteiger partial charge in [0.05, 0.1) is 0 Å². The molecule has 0 unspecified atom stereocenters. The second kappa shape index (κ2) is 8.66. The van der Waals surface area contributed by atoms with Gasteiger partial charge >= 0.3 is 6.09 Å². The van der Waals surface area contributed by atoms with Crippen LogP contribution in [-0.4, -0.2) is 44.5 Å². The van der Waals surface area contributed by atoms with Crippen LogP contribution in [0, 0.1) is 0 Å². The molecule has 0 saturated carbocycles. The zero-order chi connectivity index (χ0) is 23.0. The average molecular weight is 421 g/mol. The maximum atomic E-state index is 12.9. The van der Waals surface area contributed by atoms with Crippen LogP contribution in [0.15, 0.2) is 23.3 Å². The lowest BCUT2D eigenvalue weighted by Crippen LogP contribution is -2.66. The summed E-state index contributed by atoms with van der Waals surface area (Å²) in [5, 5.41) is 15.2. The predicted octanol–water partition coefficient (Wildman–Crippen LogP) is 5.69. The third-order valence-corrected chi connectivity index (χ3v) is 6.72. The molecule has 2 fully saturated rings. The largest absolute Gasteiger partial charge is 0.438 e. The van der Waals surface area contributed by atoms with Crippen LogP contribution in [-0.2, 0) is 4.74 Å². The van der Waals surface area contributed by atoms with E-state index in [2.05, 4.69) is 65.9 Å². The lowest BCUT2D eigenvalue weighted by Gasteiger charge is -2.51. The van der Waals surface area contributed by atoms with E-state index < -0.39 is 17.4 Å². The molecule has 2 atom stereocenters. The number of amides is 1. The molecule has 5 nitrogen and oxygen atoms in total. The molecule has 0 aromatic rings. The summed E-state index contributed by atoms with van der Waals surface area (Å²) in [5.41, 5.74) is 0.161. The monoisotopic (exact) mass is 420 g/mol. The zero-order valence-electron chi connectivity index (χ0n) is 20.7. The van der Waals surface area contributed by atoms with Crippen molar-refractivity contribution >= 4 is 6.09 Å². The third kappa shape index (κ3) is 5.67. The lowest BCUT2D eigenvalue weighted by molar-refractivity contribution is -0.154. The topological polar surface area (TPSA) is 61.8 Å². The van der Waals surface area contributed by atoms with E-state index in [1.54, 1.807) is 11.8 Å². The van der Waals surface area contributed by atoms with Gasteiger partial charge in [0.25, 0.3) is 0 Å². The summed E-state index contributed by atoms with van der Waals surface area (Å²) in [5.74, 6) is 0. The number of hydrogen-bond acceptors (Lipinski definition) is 4. The molecule has 2 heterocycles. The van der Waals surface area contributed by atoms with Crippen LogP contribution in [0.3, 0.4) is 0 Å². The Balaban J connectivity index is 2.10. The molecule has 2 N–H and O–H groups in total. The fourth-order valence-electron chi connectivity index (χ4n) is 5.30. The molecule has 2 rings (SSSR count). The Bertz CT molecular complexity index is 685. The number of piperidine rings is 1. The van der Waals surface area contributed by atoms with Gasteiger partial charge in [0.15, 0.2) is 11.3 Å². The molecular formula is C25H44N2O3. The van der Waals surface area contributed by atoms with E-state index >= 15 is 0 Å². The number of hydrogen-bond donors (Lipinski definition) is 2. The smallest absolute Gasteiger partial charge is 0.413 e. The summed E-state index contributed by atoms with van der Waals surface area (Å²) in [7, 11) is 0. The molecule has 0 radical (unpaired) electrons. The van der Waals surface area contributed by atoms with Crippen LogP contribution in [0.25, 0.3) is 0 Å². The van der Waals surface area contributed by atoms with E-state index in [9.17, 15) is 9.90 Å². The number of cyclic esters (lactones) is 1. The van der Waals surface area contributed by atoms with Crippen molar-refractivity contribution in [3.63, 3.8) is 0 Å². The first-order valence-corrected chi connectivity index (χ1v) is 11.4. The molecule has 0 aromatic carbocycles. The normalized spacial score (nSPS) is 31.6. The summed E-state index contributed by atoms with van der Waals surface area (Å²) >= 11 is 0. The molecule has 0 spiro atoms. The van der Waals surface area contributed by atoms with Gasteiger partial charge in [-0.15, -0.1) is 0 Å². The number of carbonyl (C=O) groups excluding carboxylic acids is 1. The van der Waals surface area contributed by atoms with Gasteiger partial charge in [0.1, 0.15) is 0 Å². The Hall–Kier alpha value is -1.33. The molecule has 0 aliphatic carbocycles. The summed E-state index contributed by atoms with van der Waals surface area (Å²) < 4.78 is 5.84. The lowest BCUT2D eigenvalue weighted by atomic mass is 9.77. The van der Waals surface area contributed by atoms with Crippen molar-refractivity contribution in [3.05, 3.63) is 23.3 Å². The molecule has 0 bridgehead atoms. The predicted molar refractivity (Wildman–Crippen MR) is 123 cm³/mol. The zero-order valence-corrected chi connectivity index (χ0v) is 20.7. The number of nitrogens with one attached hydrogen (secondary N) is 1. The number of allylic oxidation sites excluding steroid dienone is 4. The molecule has 1 amide bonds. The second-order valence-corrected chi connectivity index (χ2v) is 11.4. The standard InChI is InChI=1S/C25H44N2O3/c1-18(2)12-10-13-19(3)14-11-15-24(8)25(9,29)27(21(28)30-24)20-16-22(4,5)26-23(6,7)17-20/h12,14,20,26,29H,10-11,13,15-17H2,1-9H3/b19-14+/t24-,25-/m1/s1. The minimum Gasteiger partial charge on any atom is -0.438 e. The van der Waals surface area contributed by atoms with Crippen LogP contribution in [0.1, 0.15) is 101 Å². The second-order valence-electron chi connectivity index (χ2n) is 11.4. The average Bonchev–Trinajstić information content (AvgIpc) is 2.68. The van der Waals surface area contributed by atoms with Gasteiger partial charge in [-0.3, -0.25) is 4.90 Å². The van der Waals surface area contributed by atoms with E-state index in [1.165, 1.54) is 11.1 Å². The van der Waals surface area contributed by atoms with Crippen LogP contribution in [0.5, 0.6) is 0 Å². The first kappa shape index (κ1) is 24.9. The highest BCUT2D eigenvalue weighted by molar-refractivity contribution is 5.72. The van der Waals surface area contributed by atoms with Crippen molar-refractivity contribution in [1.82, 2.24) is 10.2 Å². The number of carbonyl (C=O) groups is 1. The Morgan fingerprint density at radius 3 is 2.17 bits per heavy atom. The van der Waals surface area contributed by atoms with Crippen molar-refractivity contribution in [1.29, 1.82) is 0 Å². The van der Waals surface area contributed by atoms with Gasteiger partial charge in [0.2, 0.25) is 0 Å². The highest BCUT2D eigenvalue weighted by Crippen LogP contribution is 2.45. The third-order valence-electron chi connectivity index (χ3n) is 6.72. The van der Waals surface area contributed by atoms with E-state index in [0.717, 1.165) is 32.1 Å². The van der Waals surface area contributed by atoms with Crippen LogP contribution < -0.4 is 5.32 Å². The first-order chi connectivity index (χ1) is 13.6. The maximum absolute atomic E-state index is 12.9. The molecule has 2 saturated heterocycles. The van der Waals surface area contributed by atoms with Crippen LogP contribution in [0.4, 0.5) is 4.79 Å². The Kier molecular flexibility index (Phi) is 7.20. The molecule has 5 heteroatoms. The van der Waals surface area contributed by atoms with Crippen molar-refractivity contribution in [2.45, 2.75) is 129 Å². The fraction of sp³-hybridized carbons (Fsp3) is 0.800. The van der Waals surface area contributed by atoms with E-state index in [-0.39, 0.29) is 17.1 Å². The van der Waals surface area contributed by atoms with Gasteiger partial charge in [-0.1, -0.05) is 23.3 Å². The van der Waals surface area contributed by atoms with E-state index in [0.29, 0.717) is 6.42 Å². The molecule has 172 valence electrons. The van der Waals surface area contributed by atoms with Gasteiger partial charge < -0.3 is 15.2 Å². The molecular weight excluding hydrogens is 376 g/mol. The highest BCUT2D eigenvalue weighted by atomic mass is 16.6. The molecule has 2 aliphatic rings. The minimum absolute atomic E-state index is 0.0677. The van der Waals surface area contributed by atoms with Gasteiger partial charge in [-0.05, 0) is 101 Å². The summed E-state index contributed by atoms with van der Waals surface area (Å²) in [6.07, 6.45) is 9.08. The summed E-state index contributed by atoms with van der Waals surface area (Å²) in [6, 6.07) is -0.0677.